The minimum absolute atomic E-state index is 0.372. The van der Waals surface area contributed by atoms with Gasteiger partial charge in [0.2, 0.25) is 9.84 Å². The molecular formula is C73H79N3O2S. The molecule has 1 aliphatic rings. The molecule has 0 spiro atoms. The highest BCUT2D eigenvalue weighted by Gasteiger charge is 2.49. The standard InChI is InChI=1S/C73H79N3O2S/c1-6-11-24-51(9-4)48-74-65-32-19-14-27-57(65)60-45-53(39-42-68(60)74)37-38-54(26-13-8-3)50-76-67-34-21-16-29-59(67)62-47-56(41-44-70(62)76)73(63-30-17-22-35-71(63)79(77,78)72-36-23-18-31-64(72)73)55-40-43-69-61(46-55)58-28-15-20-33-66(58)75(69)49-52(10-5)25-12-7-2/h14-23,27-36,39-47,51-52,54H,6-13,24-26,37-38,48-50H2,1-5H3. The van der Waals surface area contributed by atoms with Gasteiger partial charge in [0.15, 0.2) is 0 Å². The summed E-state index contributed by atoms with van der Waals surface area (Å²) in [6, 6.07) is 64.0. The van der Waals surface area contributed by atoms with Crippen LogP contribution in [0.25, 0.3) is 65.4 Å². The van der Waals surface area contributed by atoms with Gasteiger partial charge in [-0.3, -0.25) is 0 Å². The summed E-state index contributed by atoms with van der Waals surface area (Å²) in [5.41, 5.74) is 11.9. The highest BCUT2D eigenvalue weighted by molar-refractivity contribution is 7.91. The van der Waals surface area contributed by atoms with Crippen molar-refractivity contribution in [3.05, 3.63) is 204 Å². The van der Waals surface area contributed by atoms with E-state index in [1.54, 1.807) is 0 Å². The lowest BCUT2D eigenvalue weighted by atomic mass is 9.64. The van der Waals surface area contributed by atoms with Gasteiger partial charge < -0.3 is 13.7 Å². The first-order chi connectivity index (χ1) is 38.7. The van der Waals surface area contributed by atoms with Crippen molar-refractivity contribution >= 4 is 75.3 Å². The number of aryl methyl sites for hydroxylation is 1. The Labute approximate surface area is 469 Å². The maximum Gasteiger partial charge on any atom is 0.207 e. The molecule has 0 bridgehead atoms. The molecule has 12 rings (SSSR count). The Kier molecular flexibility index (Phi) is 14.9. The molecule has 3 aromatic heterocycles. The molecular weight excluding hydrogens is 983 g/mol. The lowest BCUT2D eigenvalue weighted by Crippen LogP contribution is -2.37. The van der Waals surface area contributed by atoms with E-state index in [4.69, 9.17) is 0 Å². The Balaban J connectivity index is 0.971. The SMILES string of the molecule is CCCCC(CC)Cn1c2ccccc2c2cc(CCC(CCCC)Cn3c4ccccc4c4cc(C5(c6ccc7c(c6)c6ccccc6n7CC(CC)CCCC)c6ccccc6S(=O)(=O)c6ccccc65)ccc43)ccc21. The maximum absolute atomic E-state index is 14.9. The molecule has 79 heavy (non-hydrogen) atoms. The molecule has 0 amide bonds. The summed E-state index contributed by atoms with van der Waals surface area (Å²) >= 11 is 0. The van der Waals surface area contributed by atoms with Gasteiger partial charge in [-0.2, -0.15) is 0 Å². The van der Waals surface area contributed by atoms with Crippen LogP contribution in [0.15, 0.2) is 186 Å². The number of aromatic nitrogens is 3. The number of hydrogen-bond acceptors (Lipinski definition) is 2. The van der Waals surface area contributed by atoms with Gasteiger partial charge in [0.1, 0.15) is 0 Å². The molecule has 3 atom stereocenters. The molecule has 404 valence electrons. The Morgan fingerprint density at radius 1 is 0.380 bits per heavy atom. The summed E-state index contributed by atoms with van der Waals surface area (Å²) in [6.07, 6.45) is 15.5. The lowest BCUT2D eigenvalue weighted by Gasteiger charge is -2.42. The molecule has 5 nitrogen and oxygen atoms in total. The summed E-state index contributed by atoms with van der Waals surface area (Å²) in [4.78, 5) is 0.744. The second-order valence-electron chi connectivity index (χ2n) is 23.3. The van der Waals surface area contributed by atoms with Crippen molar-refractivity contribution in [3.8, 4) is 0 Å². The fraction of sp³-hybridized carbons (Fsp3) is 0.342. The fourth-order valence-corrected chi connectivity index (χ4v) is 16.1. The number of nitrogens with zero attached hydrogens (tertiary/aromatic N) is 3. The molecule has 0 radical (unpaired) electrons. The van der Waals surface area contributed by atoms with Gasteiger partial charge in [-0.15, -0.1) is 0 Å². The molecule has 4 heterocycles. The molecule has 11 aromatic rings. The van der Waals surface area contributed by atoms with Crippen LogP contribution in [0.5, 0.6) is 0 Å². The Morgan fingerprint density at radius 2 is 0.747 bits per heavy atom. The molecule has 3 unspecified atom stereocenters. The number of fused-ring (bicyclic) bond motifs is 11. The van der Waals surface area contributed by atoms with E-state index in [-0.39, 0.29) is 0 Å². The third-order valence-electron chi connectivity index (χ3n) is 18.6. The number of sulfone groups is 1. The number of benzene rings is 8. The van der Waals surface area contributed by atoms with Gasteiger partial charge >= 0.3 is 0 Å². The summed E-state index contributed by atoms with van der Waals surface area (Å²) < 4.78 is 37.6. The quantitative estimate of drug-likeness (QED) is 0.0679. The van der Waals surface area contributed by atoms with Crippen LogP contribution in [-0.2, 0) is 41.3 Å². The zero-order valence-corrected chi connectivity index (χ0v) is 48.2. The van der Waals surface area contributed by atoms with Crippen LogP contribution in [0.4, 0.5) is 0 Å². The second kappa shape index (κ2) is 22.3. The summed E-state index contributed by atoms with van der Waals surface area (Å²) in [6.45, 7) is 14.6. The molecule has 0 fully saturated rings. The van der Waals surface area contributed by atoms with Gasteiger partial charge in [0.25, 0.3) is 0 Å². The largest absolute Gasteiger partial charge is 0.340 e. The van der Waals surface area contributed by atoms with E-state index >= 15 is 0 Å². The molecule has 6 heteroatoms. The van der Waals surface area contributed by atoms with Crippen LogP contribution in [0.2, 0.25) is 0 Å². The van der Waals surface area contributed by atoms with Crippen LogP contribution in [0, 0.1) is 17.8 Å². The lowest BCUT2D eigenvalue weighted by molar-refractivity contribution is 0.387. The van der Waals surface area contributed by atoms with E-state index in [1.165, 1.54) is 135 Å². The third kappa shape index (κ3) is 9.20. The summed E-state index contributed by atoms with van der Waals surface area (Å²) in [7, 11) is -3.84. The van der Waals surface area contributed by atoms with Gasteiger partial charge in [-0.25, -0.2) is 8.42 Å². The minimum Gasteiger partial charge on any atom is -0.340 e. The fourth-order valence-electron chi connectivity index (χ4n) is 14.3. The smallest absolute Gasteiger partial charge is 0.207 e. The summed E-state index contributed by atoms with van der Waals surface area (Å²) in [5.74, 6) is 1.73. The van der Waals surface area contributed by atoms with Crippen molar-refractivity contribution in [2.24, 2.45) is 17.8 Å². The van der Waals surface area contributed by atoms with E-state index in [0.717, 1.165) is 61.2 Å². The van der Waals surface area contributed by atoms with Crippen molar-refractivity contribution in [2.75, 3.05) is 0 Å². The van der Waals surface area contributed by atoms with Gasteiger partial charge in [0.05, 0.1) is 15.2 Å². The average Bonchev–Trinajstić information content (AvgIpc) is 4.22. The van der Waals surface area contributed by atoms with E-state index in [0.29, 0.717) is 27.5 Å². The molecule has 0 N–H and O–H groups in total. The normalized spacial score (nSPS) is 15.1. The Morgan fingerprint density at radius 3 is 1.19 bits per heavy atom. The van der Waals surface area contributed by atoms with Crippen molar-refractivity contribution in [1.82, 2.24) is 13.7 Å². The Hall–Kier alpha value is -6.89. The van der Waals surface area contributed by atoms with E-state index < -0.39 is 15.3 Å². The van der Waals surface area contributed by atoms with E-state index in [2.05, 4.69) is 188 Å². The van der Waals surface area contributed by atoms with E-state index in [9.17, 15) is 8.42 Å². The van der Waals surface area contributed by atoms with Gasteiger partial charge in [-0.1, -0.05) is 195 Å². The van der Waals surface area contributed by atoms with Crippen molar-refractivity contribution < 1.29 is 8.42 Å². The average molecular weight is 1060 g/mol. The Bertz CT molecular complexity index is 4060. The van der Waals surface area contributed by atoms with Crippen LogP contribution < -0.4 is 0 Å². The second-order valence-corrected chi connectivity index (χ2v) is 25.2. The first-order valence-corrected chi connectivity index (χ1v) is 31.7. The van der Waals surface area contributed by atoms with Crippen molar-refractivity contribution in [3.63, 3.8) is 0 Å². The topological polar surface area (TPSA) is 48.9 Å². The molecule has 1 aliphatic heterocycles. The minimum atomic E-state index is -3.84. The molecule has 0 saturated carbocycles. The van der Waals surface area contributed by atoms with Crippen LogP contribution in [0.1, 0.15) is 139 Å². The third-order valence-corrected chi connectivity index (χ3v) is 20.5. The molecule has 0 saturated heterocycles. The highest BCUT2D eigenvalue weighted by Crippen LogP contribution is 2.55. The van der Waals surface area contributed by atoms with Crippen LogP contribution in [-0.4, -0.2) is 22.1 Å². The first-order valence-electron chi connectivity index (χ1n) is 30.2. The zero-order chi connectivity index (χ0) is 54.3. The zero-order valence-electron chi connectivity index (χ0n) is 47.4. The predicted molar refractivity (Wildman–Crippen MR) is 334 cm³/mol. The number of rotatable bonds is 22. The number of hydrogen-bond donors (Lipinski definition) is 0. The predicted octanol–water partition coefficient (Wildman–Crippen LogP) is 19.4. The molecule has 0 aliphatic carbocycles. The van der Waals surface area contributed by atoms with Crippen LogP contribution in [0.3, 0.4) is 0 Å². The van der Waals surface area contributed by atoms with Crippen molar-refractivity contribution in [1.29, 1.82) is 0 Å². The maximum atomic E-state index is 14.9. The van der Waals surface area contributed by atoms with Gasteiger partial charge in [-0.05, 0) is 144 Å². The van der Waals surface area contributed by atoms with Crippen LogP contribution >= 0.6 is 0 Å². The summed E-state index contributed by atoms with van der Waals surface area (Å²) in [5, 5.41) is 7.60. The first kappa shape index (κ1) is 52.8. The monoisotopic (exact) mass is 1060 g/mol. The number of para-hydroxylation sites is 3. The van der Waals surface area contributed by atoms with E-state index in [1.807, 2.05) is 36.4 Å². The highest BCUT2D eigenvalue weighted by atomic mass is 32.2. The molecule has 8 aromatic carbocycles. The van der Waals surface area contributed by atoms with Gasteiger partial charge in [0, 0.05) is 85.1 Å². The van der Waals surface area contributed by atoms with Crippen molar-refractivity contribution in [2.45, 2.75) is 153 Å². The number of unbranched alkanes of at least 4 members (excludes halogenated alkanes) is 3.